The fourth-order valence-corrected chi connectivity index (χ4v) is 5.15. The molecule has 0 atom stereocenters. The molecule has 0 amide bonds. The first-order valence-electron chi connectivity index (χ1n) is 7.44. The lowest BCUT2D eigenvalue weighted by Crippen LogP contribution is -2.25. The van der Waals surface area contributed by atoms with Crippen LogP contribution in [0.2, 0.25) is 0 Å². The summed E-state index contributed by atoms with van der Waals surface area (Å²) in [5, 5.41) is 4.18. The molecule has 1 nitrogen and oxygen atoms in total. The van der Waals surface area contributed by atoms with Crippen LogP contribution in [-0.4, -0.2) is 14.1 Å². The Morgan fingerprint density at radius 2 is 1.05 bits per heavy atom. The summed E-state index contributed by atoms with van der Waals surface area (Å²) in [5.41, 5.74) is 1.29. The Morgan fingerprint density at radius 3 is 1.55 bits per heavy atom. The van der Waals surface area contributed by atoms with Crippen molar-refractivity contribution in [2.24, 2.45) is 0 Å². The highest BCUT2D eigenvalue weighted by Gasteiger charge is 2.19. The first kappa shape index (κ1) is 14.8. The van der Waals surface area contributed by atoms with Gasteiger partial charge < -0.3 is 4.90 Å². The number of hydrogen-bond acceptors (Lipinski definition) is 1. The predicted octanol–water partition coefficient (Wildman–Crippen LogP) is 3.51. The lowest BCUT2D eigenvalue weighted by molar-refractivity contribution is 1.14. The Labute approximate surface area is 134 Å². The van der Waals surface area contributed by atoms with Crippen LogP contribution in [-0.2, 0) is 0 Å². The number of benzene rings is 3. The van der Waals surface area contributed by atoms with Gasteiger partial charge in [-0.25, -0.2) is 0 Å². The smallest absolute Gasteiger partial charge is 0.0445 e. The van der Waals surface area contributed by atoms with Crippen LogP contribution >= 0.6 is 7.92 Å². The minimum Gasteiger partial charge on any atom is -0.377 e. The second-order valence-corrected chi connectivity index (χ2v) is 7.58. The molecule has 22 heavy (non-hydrogen) atoms. The van der Waals surface area contributed by atoms with Crippen molar-refractivity contribution in [2.45, 2.75) is 0 Å². The molecule has 0 saturated carbocycles. The molecule has 0 fully saturated rings. The second kappa shape index (κ2) is 6.77. The zero-order valence-corrected chi connectivity index (χ0v) is 13.9. The maximum Gasteiger partial charge on any atom is 0.0445 e. The summed E-state index contributed by atoms with van der Waals surface area (Å²) in [7, 11) is 3.69. The van der Waals surface area contributed by atoms with Gasteiger partial charge in [0, 0.05) is 25.1 Å². The van der Waals surface area contributed by atoms with Gasteiger partial charge in [0.15, 0.2) is 0 Å². The molecule has 0 N–H and O–H groups in total. The number of rotatable bonds is 4. The molecule has 0 bridgehead atoms. The summed E-state index contributed by atoms with van der Waals surface area (Å²) in [5.74, 6) is 0. The van der Waals surface area contributed by atoms with Gasteiger partial charge in [0.05, 0.1) is 0 Å². The maximum atomic E-state index is 2.26. The normalized spacial score (nSPS) is 10.7. The summed E-state index contributed by atoms with van der Waals surface area (Å²) in [4.78, 5) is 2.20. The van der Waals surface area contributed by atoms with E-state index in [9.17, 15) is 0 Å². The van der Waals surface area contributed by atoms with Crippen molar-refractivity contribution in [1.82, 2.24) is 0 Å². The topological polar surface area (TPSA) is 3.24 Å². The van der Waals surface area contributed by atoms with E-state index >= 15 is 0 Å². The van der Waals surface area contributed by atoms with Gasteiger partial charge in [-0.3, -0.25) is 0 Å². The predicted molar refractivity (Wildman–Crippen MR) is 99.5 cm³/mol. The molecule has 0 spiro atoms. The molecule has 2 heteroatoms. The van der Waals surface area contributed by atoms with Gasteiger partial charge in [-0.1, -0.05) is 78.9 Å². The Bertz CT molecular complexity index is 683. The van der Waals surface area contributed by atoms with Crippen LogP contribution in [0.15, 0.2) is 84.9 Å². The van der Waals surface area contributed by atoms with Gasteiger partial charge in [-0.05, 0) is 24.6 Å². The van der Waals surface area contributed by atoms with Crippen molar-refractivity contribution in [3.8, 4) is 0 Å². The standard InChI is InChI=1S/C20H20NP/c1-21(2)19-15-9-10-16-20(19)22(17-11-5-3-6-12-17)18-13-7-4-8-14-18/h3-16H,1-2H3. The summed E-state index contributed by atoms with van der Waals surface area (Å²) in [6.45, 7) is 0. The van der Waals surface area contributed by atoms with Gasteiger partial charge in [-0.15, -0.1) is 0 Å². The van der Waals surface area contributed by atoms with Crippen molar-refractivity contribution >= 4 is 29.5 Å². The summed E-state index contributed by atoms with van der Waals surface area (Å²) >= 11 is 0. The molecule has 0 aliphatic carbocycles. The first-order chi connectivity index (χ1) is 10.8. The Kier molecular flexibility index (Phi) is 4.56. The number of anilines is 1. The lowest BCUT2D eigenvalue weighted by atomic mass is 10.3. The second-order valence-electron chi connectivity index (χ2n) is 5.39. The average molecular weight is 305 g/mol. The number of nitrogens with zero attached hydrogens (tertiary/aromatic N) is 1. The third-order valence-corrected chi connectivity index (χ3v) is 6.12. The molecule has 0 unspecified atom stereocenters. The largest absolute Gasteiger partial charge is 0.377 e. The maximum absolute atomic E-state index is 2.26. The Morgan fingerprint density at radius 1 is 0.591 bits per heavy atom. The third kappa shape index (κ3) is 3.05. The van der Waals surface area contributed by atoms with Crippen LogP contribution < -0.4 is 20.8 Å². The van der Waals surface area contributed by atoms with Crippen LogP contribution in [0.4, 0.5) is 5.69 Å². The molecule has 3 aromatic rings. The van der Waals surface area contributed by atoms with E-state index in [0.29, 0.717) is 0 Å². The highest BCUT2D eigenvalue weighted by atomic mass is 31.1. The monoisotopic (exact) mass is 305 g/mol. The molecule has 3 rings (SSSR count). The van der Waals surface area contributed by atoms with E-state index in [-0.39, 0.29) is 0 Å². The van der Waals surface area contributed by atoms with E-state index in [1.54, 1.807) is 0 Å². The van der Waals surface area contributed by atoms with Crippen LogP contribution in [0.25, 0.3) is 0 Å². The number of hydrogen-bond donors (Lipinski definition) is 0. The fourth-order valence-electron chi connectivity index (χ4n) is 2.61. The molecule has 0 heterocycles. The SMILES string of the molecule is CN(C)c1ccccc1P(c1ccccc1)c1ccccc1. The van der Waals surface area contributed by atoms with Crippen LogP contribution in [0.3, 0.4) is 0 Å². The molecule has 0 aliphatic heterocycles. The molecule has 110 valence electrons. The minimum absolute atomic E-state index is 0.541. The van der Waals surface area contributed by atoms with Gasteiger partial charge in [0.2, 0.25) is 0 Å². The van der Waals surface area contributed by atoms with E-state index in [1.165, 1.54) is 21.6 Å². The zero-order valence-electron chi connectivity index (χ0n) is 13.0. The number of para-hydroxylation sites is 1. The minimum atomic E-state index is -0.541. The fraction of sp³-hybridized carbons (Fsp3) is 0.100. The van der Waals surface area contributed by atoms with E-state index in [4.69, 9.17) is 0 Å². The zero-order chi connectivity index (χ0) is 15.4. The van der Waals surface area contributed by atoms with E-state index in [1.807, 2.05) is 0 Å². The molecular formula is C20H20NP. The molecule has 0 aliphatic rings. The van der Waals surface area contributed by atoms with Crippen molar-refractivity contribution in [2.75, 3.05) is 19.0 Å². The Hall–Kier alpha value is -2.11. The van der Waals surface area contributed by atoms with Gasteiger partial charge in [-0.2, -0.15) is 0 Å². The van der Waals surface area contributed by atoms with Crippen molar-refractivity contribution in [1.29, 1.82) is 0 Å². The van der Waals surface area contributed by atoms with Gasteiger partial charge in [0.1, 0.15) is 0 Å². The van der Waals surface area contributed by atoms with Crippen LogP contribution in [0.5, 0.6) is 0 Å². The summed E-state index contributed by atoms with van der Waals surface area (Å²) in [6, 6.07) is 30.4. The van der Waals surface area contributed by atoms with Gasteiger partial charge >= 0.3 is 0 Å². The molecule has 3 aromatic carbocycles. The van der Waals surface area contributed by atoms with E-state index in [0.717, 1.165) is 0 Å². The highest BCUT2D eigenvalue weighted by molar-refractivity contribution is 7.80. The Balaban J connectivity index is 2.19. The van der Waals surface area contributed by atoms with Crippen molar-refractivity contribution < 1.29 is 0 Å². The van der Waals surface area contributed by atoms with Crippen LogP contribution in [0, 0.1) is 0 Å². The molecule has 0 saturated heterocycles. The molecule has 0 aromatic heterocycles. The van der Waals surface area contributed by atoms with Crippen molar-refractivity contribution in [3.63, 3.8) is 0 Å². The summed E-state index contributed by atoms with van der Waals surface area (Å²) < 4.78 is 0. The first-order valence-corrected chi connectivity index (χ1v) is 8.78. The summed E-state index contributed by atoms with van der Waals surface area (Å²) in [6.07, 6.45) is 0. The van der Waals surface area contributed by atoms with Crippen LogP contribution in [0.1, 0.15) is 0 Å². The van der Waals surface area contributed by atoms with Gasteiger partial charge in [0.25, 0.3) is 0 Å². The highest BCUT2D eigenvalue weighted by Crippen LogP contribution is 2.36. The third-order valence-electron chi connectivity index (χ3n) is 3.63. The van der Waals surface area contributed by atoms with Crippen molar-refractivity contribution in [3.05, 3.63) is 84.9 Å². The average Bonchev–Trinajstić information content (AvgIpc) is 2.57. The quantitative estimate of drug-likeness (QED) is 0.667. The molecule has 0 radical (unpaired) electrons. The lowest BCUT2D eigenvalue weighted by Gasteiger charge is -2.25. The molecular weight excluding hydrogens is 285 g/mol. The van der Waals surface area contributed by atoms with E-state index in [2.05, 4.69) is 104 Å². The van der Waals surface area contributed by atoms with E-state index < -0.39 is 7.92 Å².